The zero-order valence-corrected chi connectivity index (χ0v) is 14.1. The number of para-hydroxylation sites is 1. The highest BCUT2D eigenvalue weighted by Gasteiger charge is 2.31. The van der Waals surface area contributed by atoms with E-state index in [1.54, 1.807) is 24.3 Å². The summed E-state index contributed by atoms with van der Waals surface area (Å²) in [4.78, 5) is 21.2. The molecule has 0 radical (unpaired) electrons. The van der Waals surface area contributed by atoms with Crippen molar-refractivity contribution in [3.8, 4) is 11.6 Å². The van der Waals surface area contributed by atoms with Crippen LogP contribution < -0.4 is 10.3 Å². The second kappa shape index (κ2) is 6.24. The molecule has 0 fully saturated rings. The summed E-state index contributed by atoms with van der Waals surface area (Å²) in [5, 5.41) is 1.38. The Hall–Kier alpha value is -3.13. The molecule has 0 saturated heterocycles. The van der Waals surface area contributed by atoms with Gasteiger partial charge in [-0.15, -0.1) is 13.2 Å². The first-order valence-electron chi connectivity index (χ1n) is 7.65. The third-order valence-electron chi connectivity index (χ3n) is 3.87. The molecule has 4 rings (SSSR count). The van der Waals surface area contributed by atoms with E-state index in [2.05, 4.69) is 14.7 Å². The van der Waals surface area contributed by atoms with Crippen molar-refractivity contribution in [1.82, 2.24) is 14.5 Å². The van der Waals surface area contributed by atoms with Crippen LogP contribution in [-0.4, -0.2) is 20.9 Å². The SMILES string of the molecule is O=c1c2ccc(OC(F)(F)F)cc2ncn1-c1ccc2cccc(Cl)c2n1. The van der Waals surface area contributed by atoms with Crippen LogP contribution in [0.15, 0.2) is 59.7 Å². The van der Waals surface area contributed by atoms with E-state index >= 15 is 0 Å². The van der Waals surface area contributed by atoms with Gasteiger partial charge < -0.3 is 4.74 Å². The Morgan fingerprint density at radius 1 is 1.07 bits per heavy atom. The highest BCUT2D eigenvalue weighted by atomic mass is 35.5. The van der Waals surface area contributed by atoms with E-state index in [4.69, 9.17) is 11.6 Å². The Balaban J connectivity index is 1.84. The Morgan fingerprint density at radius 3 is 2.67 bits per heavy atom. The van der Waals surface area contributed by atoms with Gasteiger partial charge in [-0.3, -0.25) is 9.36 Å². The summed E-state index contributed by atoms with van der Waals surface area (Å²) in [5.74, 6) is -0.152. The standard InChI is InChI=1S/C18H9ClF3N3O2/c19-13-3-1-2-10-4-7-15(24-16(10)13)25-9-23-14-8-11(27-18(20,21)22)5-6-12(14)17(25)26/h1-9H. The molecular formula is C18H9ClF3N3O2. The normalized spacial score (nSPS) is 11.9. The van der Waals surface area contributed by atoms with Crippen LogP contribution in [0.3, 0.4) is 0 Å². The summed E-state index contributed by atoms with van der Waals surface area (Å²) in [6.45, 7) is 0. The van der Waals surface area contributed by atoms with Gasteiger partial charge in [-0.1, -0.05) is 23.7 Å². The summed E-state index contributed by atoms with van der Waals surface area (Å²) in [7, 11) is 0. The van der Waals surface area contributed by atoms with Gasteiger partial charge >= 0.3 is 6.36 Å². The second-order valence-corrected chi connectivity index (χ2v) is 6.03. The number of ether oxygens (including phenoxy) is 1. The summed E-state index contributed by atoms with van der Waals surface area (Å²) in [5.41, 5.74) is 0.131. The van der Waals surface area contributed by atoms with Crippen LogP contribution in [0.5, 0.6) is 5.75 Å². The molecule has 5 nitrogen and oxygen atoms in total. The number of pyridine rings is 1. The summed E-state index contributed by atoms with van der Waals surface area (Å²) in [6.07, 6.45) is -3.62. The number of halogens is 4. The van der Waals surface area contributed by atoms with Crippen LogP contribution >= 0.6 is 11.6 Å². The van der Waals surface area contributed by atoms with Crippen LogP contribution in [0.2, 0.25) is 5.02 Å². The van der Waals surface area contributed by atoms with Gasteiger partial charge in [0.2, 0.25) is 0 Å². The fraction of sp³-hybridized carbons (Fsp3) is 0.0556. The monoisotopic (exact) mass is 391 g/mol. The van der Waals surface area contributed by atoms with E-state index in [-0.39, 0.29) is 10.9 Å². The maximum atomic E-state index is 12.7. The predicted molar refractivity (Wildman–Crippen MR) is 94.3 cm³/mol. The topological polar surface area (TPSA) is 57.0 Å². The number of hydrogen-bond donors (Lipinski definition) is 0. The van der Waals surface area contributed by atoms with E-state index in [0.29, 0.717) is 16.4 Å². The first-order valence-corrected chi connectivity index (χ1v) is 8.02. The highest BCUT2D eigenvalue weighted by Crippen LogP contribution is 2.25. The Kier molecular flexibility index (Phi) is 4.00. The fourth-order valence-corrected chi connectivity index (χ4v) is 2.92. The number of benzene rings is 2. The summed E-state index contributed by atoms with van der Waals surface area (Å²) in [6, 6.07) is 12.1. The van der Waals surface area contributed by atoms with Gasteiger partial charge in [0.15, 0.2) is 0 Å². The molecule has 0 aliphatic carbocycles. The molecule has 2 heterocycles. The lowest BCUT2D eigenvalue weighted by Gasteiger charge is -2.10. The molecule has 27 heavy (non-hydrogen) atoms. The smallest absolute Gasteiger partial charge is 0.406 e. The van der Waals surface area contributed by atoms with Crippen LogP contribution in [0, 0.1) is 0 Å². The van der Waals surface area contributed by atoms with Gasteiger partial charge in [0, 0.05) is 11.5 Å². The maximum Gasteiger partial charge on any atom is 0.573 e. The van der Waals surface area contributed by atoms with Gasteiger partial charge in [0.05, 0.1) is 21.4 Å². The zero-order chi connectivity index (χ0) is 19.2. The van der Waals surface area contributed by atoms with Crippen LogP contribution in [0.4, 0.5) is 13.2 Å². The molecular weight excluding hydrogens is 383 g/mol. The van der Waals surface area contributed by atoms with Gasteiger partial charge in [0.1, 0.15) is 17.9 Å². The average molecular weight is 392 g/mol. The largest absolute Gasteiger partial charge is 0.573 e. The van der Waals surface area contributed by atoms with Crippen molar-refractivity contribution in [1.29, 1.82) is 0 Å². The molecule has 2 aromatic heterocycles. The Morgan fingerprint density at radius 2 is 1.89 bits per heavy atom. The molecule has 0 saturated carbocycles. The van der Waals surface area contributed by atoms with Crippen molar-refractivity contribution in [3.63, 3.8) is 0 Å². The van der Waals surface area contributed by atoms with Gasteiger partial charge in [-0.25, -0.2) is 9.97 Å². The molecule has 136 valence electrons. The van der Waals surface area contributed by atoms with Gasteiger partial charge in [-0.05, 0) is 30.3 Å². The number of aromatic nitrogens is 3. The summed E-state index contributed by atoms with van der Waals surface area (Å²) < 4.78 is 42.1. The number of hydrogen-bond acceptors (Lipinski definition) is 4. The Bertz CT molecular complexity index is 1240. The minimum atomic E-state index is -4.82. The molecule has 0 amide bonds. The zero-order valence-electron chi connectivity index (χ0n) is 13.4. The van der Waals surface area contributed by atoms with Crippen molar-refractivity contribution in [2.75, 3.05) is 0 Å². The molecule has 2 aromatic carbocycles. The molecule has 0 unspecified atom stereocenters. The molecule has 0 aliphatic heterocycles. The van der Waals surface area contributed by atoms with Crippen LogP contribution in [-0.2, 0) is 0 Å². The predicted octanol–water partition coefficient (Wildman–Crippen LogP) is 4.49. The quantitative estimate of drug-likeness (QED) is 0.505. The van der Waals surface area contributed by atoms with Crippen molar-refractivity contribution in [2.24, 2.45) is 0 Å². The molecule has 0 spiro atoms. The molecule has 0 atom stereocenters. The lowest BCUT2D eigenvalue weighted by molar-refractivity contribution is -0.274. The van der Waals surface area contributed by atoms with Crippen LogP contribution in [0.1, 0.15) is 0 Å². The third kappa shape index (κ3) is 3.31. The van der Waals surface area contributed by atoms with Crippen molar-refractivity contribution < 1.29 is 17.9 Å². The highest BCUT2D eigenvalue weighted by molar-refractivity contribution is 6.35. The minimum Gasteiger partial charge on any atom is -0.406 e. The molecule has 4 aromatic rings. The lowest BCUT2D eigenvalue weighted by Crippen LogP contribution is -2.20. The van der Waals surface area contributed by atoms with Gasteiger partial charge in [0.25, 0.3) is 5.56 Å². The van der Waals surface area contributed by atoms with E-state index in [1.165, 1.54) is 17.0 Å². The number of rotatable bonds is 2. The average Bonchev–Trinajstić information content (AvgIpc) is 2.61. The van der Waals surface area contributed by atoms with E-state index in [0.717, 1.165) is 17.5 Å². The third-order valence-corrected chi connectivity index (χ3v) is 4.17. The van der Waals surface area contributed by atoms with Crippen LogP contribution in [0.25, 0.3) is 27.6 Å². The first-order chi connectivity index (χ1) is 12.8. The fourth-order valence-electron chi connectivity index (χ4n) is 2.70. The molecule has 0 N–H and O–H groups in total. The number of nitrogens with zero attached hydrogens (tertiary/aromatic N) is 3. The van der Waals surface area contributed by atoms with Crippen molar-refractivity contribution >= 4 is 33.4 Å². The number of fused-ring (bicyclic) bond motifs is 2. The van der Waals surface area contributed by atoms with Crippen molar-refractivity contribution in [3.05, 3.63) is 70.2 Å². The lowest BCUT2D eigenvalue weighted by atomic mass is 10.2. The maximum absolute atomic E-state index is 12.7. The van der Waals surface area contributed by atoms with E-state index < -0.39 is 17.7 Å². The van der Waals surface area contributed by atoms with E-state index in [1.807, 2.05) is 6.07 Å². The first kappa shape index (κ1) is 17.3. The minimum absolute atomic E-state index is 0.0804. The van der Waals surface area contributed by atoms with E-state index in [9.17, 15) is 18.0 Å². The van der Waals surface area contributed by atoms with Crippen molar-refractivity contribution in [2.45, 2.75) is 6.36 Å². The molecule has 0 aliphatic rings. The Labute approximate surface area is 154 Å². The second-order valence-electron chi connectivity index (χ2n) is 5.63. The summed E-state index contributed by atoms with van der Waals surface area (Å²) >= 11 is 6.15. The molecule has 9 heteroatoms. The van der Waals surface area contributed by atoms with Gasteiger partial charge in [-0.2, -0.15) is 0 Å². The molecule has 0 bridgehead atoms. The number of alkyl halides is 3.